The van der Waals surface area contributed by atoms with Gasteiger partial charge in [-0.2, -0.15) is 5.26 Å². The van der Waals surface area contributed by atoms with Crippen LogP contribution >= 0.6 is 11.6 Å². The highest BCUT2D eigenvalue weighted by Crippen LogP contribution is 2.29. The number of hydrogen-bond donors (Lipinski definition) is 2. The molecule has 0 fully saturated rings. The van der Waals surface area contributed by atoms with Gasteiger partial charge in [-0.15, -0.1) is 0 Å². The van der Waals surface area contributed by atoms with Gasteiger partial charge in [0, 0.05) is 27.7 Å². The molecule has 0 aliphatic heterocycles. The number of nitriles is 1. The molecule has 0 atom stereocenters. The number of nitrogens with zero attached hydrogens (tertiary/aromatic N) is 1. The zero-order chi connectivity index (χ0) is 18.7. The van der Waals surface area contributed by atoms with E-state index in [-0.39, 0.29) is 11.3 Å². The van der Waals surface area contributed by atoms with Gasteiger partial charge in [-0.3, -0.25) is 4.79 Å². The van der Waals surface area contributed by atoms with Crippen LogP contribution in [0.25, 0.3) is 17.0 Å². The maximum atomic E-state index is 12.8. The third-order valence-corrected chi connectivity index (χ3v) is 4.08. The number of phenols is 1. The number of hydrogen-bond acceptors (Lipinski definition) is 4. The van der Waals surface area contributed by atoms with Gasteiger partial charge in [-0.05, 0) is 42.8 Å². The van der Waals surface area contributed by atoms with E-state index < -0.39 is 5.78 Å². The number of aromatic amines is 1. The molecule has 0 spiro atoms. The van der Waals surface area contributed by atoms with Crippen molar-refractivity contribution in [1.29, 1.82) is 5.26 Å². The monoisotopic (exact) mass is 366 g/mol. The Morgan fingerprint density at radius 1 is 1.35 bits per heavy atom. The molecule has 0 unspecified atom stereocenters. The highest BCUT2D eigenvalue weighted by atomic mass is 35.5. The number of Topliss-reactive ketones (excluding diaryl/α,β-unsaturated/α-hetero) is 1. The number of H-pyrrole nitrogens is 1. The Kier molecular flexibility index (Phi) is 4.97. The lowest BCUT2D eigenvalue weighted by atomic mass is 10.0. The standard InChI is InChI=1S/C20H15ClN2O3/c1-2-26-19-8-12(3-6-18(19)24)7-13(10-22)20(25)16-11-23-17-9-14(21)4-5-15(16)17/h3-9,11,23-24H,2H2,1H3. The van der Waals surface area contributed by atoms with E-state index in [4.69, 9.17) is 16.3 Å². The van der Waals surface area contributed by atoms with Crippen molar-refractivity contribution in [2.75, 3.05) is 6.61 Å². The van der Waals surface area contributed by atoms with Crippen LogP contribution in [-0.2, 0) is 0 Å². The molecule has 3 rings (SSSR count). The molecule has 0 saturated carbocycles. The van der Waals surface area contributed by atoms with E-state index in [0.717, 1.165) is 5.52 Å². The predicted octanol–water partition coefficient (Wildman–Crippen LogP) is 4.72. The fourth-order valence-electron chi connectivity index (χ4n) is 2.64. The molecular formula is C20H15ClN2O3. The molecule has 3 aromatic rings. The van der Waals surface area contributed by atoms with Gasteiger partial charge < -0.3 is 14.8 Å². The molecule has 1 aromatic heterocycles. The molecule has 0 aliphatic rings. The highest BCUT2D eigenvalue weighted by molar-refractivity contribution is 6.31. The zero-order valence-electron chi connectivity index (χ0n) is 13.9. The van der Waals surface area contributed by atoms with Crippen LogP contribution < -0.4 is 4.74 Å². The van der Waals surface area contributed by atoms with Crippen LogP contribution in [0.1, 0.15) is 22.8 Å². The third-order valence-electron chi connectivity index (χ3n) is 3.85. The second-order valence-electron chi connectivity index (χ2n) is 5.55. The van der Waals surface area contributed by atoms with E-state index in [2.05, 4.69) is 4.98 Å². The van der Waals surface area contributed by atoms with Gasteiger partial charge in [0.2, 0.25) is 5.78 Å². The number of fused-ring (bicyclic) bond motifs is 1. The predicted molar refractivity (Wildman–Crippen MR) is 101 cm³/mol. The number of ether oxygens (including phenoxy) is 1. The molecule has 130 valence electrons. The quantitative estimate of drug-likeness (QED) is 0.389. The molecule has 2 N–H and O–H groups in total. The number of ketones is 1. The first-order valence-corrected chi connectivity index (χ1v) is 8.30. The van der Waals surface area contributed by atoms with Gasteiger partial charge in [-0.1, -0.05) is 23.7 Å². The van der Waals surface area contributed by atoms with E-state index in [0.29, 0.717) is 33.9 Å². The van der Waals surface area contributed by atoms with Gasteiger partial charge in [0.1, 0.15) is 11.6 Å². The van der Waals surface area contributed by atoms with Gasteiger partial charge in [0.15, 0.2) is 11.5 Å². The van der Waals surface area contributed by atoms with Crippen LogP contribution in [0.4, 0.5) is 0 Å². The van der Waals surface area contributed by atoms with Crippen molar-refractivity contribution in [2.45, 2.75) is 6.92 Å². The van der Waals surface area contributed by atoms with Crippen molar-refractivity contribution in [1.82, 2.24) is 4.98 Å². The fraction of sp³-hybridized carbons (Fsp3) is 0.100. The number of aromatic hydroxyl groups is 1. The Morgan fingerprint density at radius 3 is 2.88 bits per heavy atom. The summed E-state index contributed by atoms with van der Waals surface area (Å²) < 4.78 is 5.33. The average molecular weight is 367 g/mol. The summed E-state index contributed by atoms with van der Waals surface area (Å²) >= 11 is 5.96. The number of halogens is 1. The second-order valence-corrected chi connectivity index (χ2v) is 5.99. The lowest BCUT2D eigenvalue weighted by Gasteiger charge is -2.06. The summed E-state index contributed by atoms with van der Waals surface area (Å²) in [5.74, 6) is -0.0952. The smallest absolute Gasteiger partial charge is 0.205 e. The van der Waals surface area contributed by atoms with Gasteiger partial charge >= 0.3 is 0 Å². The number of benzene rings is 2. The first-order valence-electron chi connectivity index (χ1n) is 7.92. The molecule has 0 saturated heterocycles. The third kappa shape index (κ3) is 3.41. The van der Waals surface area contributed by atoms with E-state index in [9.17, 15) is 15.2 Å². The minimum absolute atomic E-state index is 0.00217. The molecule has 0 radical (unpaired) electrons. The Hall–Kier alpha value is -3.23. The van der Waals surface area contributed by atoms with Crippen LogP contribution in [0.3, 0.4) is 0 Å². The SMILES string of the molecule is CCOc1cc(C=C(C#N)C(=O)c2c[nH]c3cc(Cl)ccc23)ccc1O. The van der Waals surface area contributed by atoms with Crippen LogP contribution in [0.15, 0.2) is 48.2 Å². The molecule has 0 amide bonds. The van der Waals surface area contributed by atoms with Crippen LogP contribution in [0.5, 0.6) is 11.5 Å². The zero-order valence-corrected chi connectivity index (χ0v) is 14.7. The first kappa shape index (κ1) is 17.6. The maximum Gasteiger partial charge on any atom is 0.205 e. The Morgan fingerprint density at radius 2 is 2.15 bits per heavy atom. The average Bonchev–Trinajstić information content (AvgIpc) is 3.04. The van der Waals surface area contributed by atoms with Gasteiger partial charge in [0.25, 0.3) is 0 Å². The summed E-state index contributed by atoms with van der Waals surface area (Å²) in [7, 11) is 0. The minimum atomic E-state index is -0.396. The normalized spacial score (nSPS) is 11.3. The maximum absolute atomic E-state index is 12.8. The van der Waals surface area contributed by atoms with E-state index in [1.54, 1.807) is 43.5 Å². The van der Waals surface area contributed by atoms with Crippen molar-refractivity contribution in [2.24, 2.45) is 0 Å². The molecule has 0 bridgehead atoms. The molecule has 5 nitrogen and oxygen atoms in total. The molecule has 6 heteroatoms. The molecule has 0 aliphatic carbocycles. The summed E-state index contributed by atoms with van der Waals surface area (Å²) in [6.07, 6.45) is 3.04. The number of allylic oxidation sites excluding steroid dienone is 1. The summed E-state index contributed by atoms with van der Waals surface area (Å²) in [5, 5.41) is 20.5. The number of rotatable bonds is 5. The van der Waals surface area contributed by atoms with E-state index in [1.807, 2.05) is 6.07 Å². The Bertz CT molecular complexity index is 1060. The summed E-state index contributed by atoms with van der Waals surface area (Å²) in [4.78, 5) is 15.8. The van der Waals surface area contributed by atoms with Crippen LogP contribution in [-0.4, -0.2) is 22.5 Å². The molecule has 1 heterocycles. The highest BCUT2D eigenvalue weighted by Gasteiger charge is 2.17. The minimum Gasteiger partial charge on any atom is -0.504 e. The van der Waals surface area contributed by atoms with E-state index >= 15 is 0 Å². The summed E-state index contributed by atoms with van der Waals surface area (Å²) in [6, 6.07) is 11.8. The Balaban J connectivity index is 2.00. The van der Waals surface area contributed by atoms with Gasteiger partial charge in [0.05, 0.1) is 6.61 Å². The largest absolute Gasteiger partial charge is 0.504 e. The lowest BCUT2D eigenvalue weighted by Crippen LogP contribution is -2.01. The lowest BCUT2D eigenvalue weighted by molar-refractivity contribution is 0.104. The molecular weight excluding hydrogens is 352 g/mol. The van der Waals surface area contributed by atoms with Crippen molar-refractivity contribution >= 4 is 34.4 Å². The van der Waals surface area contributed by atoms with Crippen molar-refractivity contribution in [3.8, 4) is 17.6 Å². The molecule has 26 heavy (non-hydrogen) atoms. The van der Waals surface area contributed by atoms with Crippen LogP contribution in [0.2, 0.25) is 5.02 Å². The van der Waals surface area contributed by atoms with Crippen molar-refractivity contribution in [3.05, 3.63) is 64.3 Å². The van der Waals surface area contributed by atoms with Crippen LogP contribution in [0, 0.1) is 11.3 Å². The number of aromatic nitrogens is 1. The topological polar surface area (TPSA) is 86.1 Å². The van der Waals surface area contributed by atoms with Gasteiger partial charge in [-0.25, -0.2) is 0 Å². The number of nitrogens with one attached hydrogen (secondary N) is 1. The van der Waals surface area contributed by atoms with Crippen molar-refractivity contribution < 1.29 is 14.6 Å². The first-order chi connectivity index (χ1) is 12.5. The summed E-state index contributed by atoms with van der Waals surface area (Å²) in [5.41, 5.74) is 1.68. The second kappa shape index (κ2) is 7.34. The fourth-order valence-corrected chi connectivity index (χ4v) is 2.81. The van der Waals surface area contributed by atoms with E-state index in [1.165, 1.54) is 12.1 Å². The Labute approximate surface area is 155 Å². The number of carbonyl (C=O) groups excluding carboxylic acids is 1. The number of phenolic OH excluding ortho intramolecular Hbond substituents is 1. The summed E-state index contributed by atoms with van der Waals surface area (Å²) in [6.45, 7) is 2.19. The molecule has 2 aromatic carbocycles. The number of carbonyl (C=O) groups is 1. The van der Waals surface area contributed by atoms with Crippen molar-refractivity contribution in [3.63, 3.8) is 0 Å².